The van der Waals surface area contributed by atoms with Gasteiger partial charge in [0.2, 0.25) is 0 Å². The molecular weight excluding hydrogens is 453 g/mol. The SMILES string of the molecule is CC(O)(c1ccc(Cc2cc([C@@H]3O[C@H](CO)[C@@H](O)C(O)[C@H]3O)ccc2C2CC2)cc1)C(F)(F)F. The summed E-state index contributed by atoms with van der Waals surface area (Å²) < 4.78 is 45.1. The molecule has 6 atom stereocenters. The molecule has 2 aromatic carbocycles. The molecule has 0 amide bonds. The molecule has 9 heteroatoms. The van der Waals surface area contributed by atoms with Gasteiger partial charge in [0.05, 0.1) is 6.61 Å². The van der Waals surface area contributed by atoms with Gasteiger partial charge in [-0.3, -0.25) is 0 Å². The van der Waals surface area contributed by atoms with E-state index >= 15 is 0 Å². The van der Waals surface area contributed by atoms with Crippen LogP contribution in [-0.4, -0.2) is 62.7 Å². The third kappa shape index (κ3) is 4.73. The average molecular weight is 482 g/mol. The van der Waals surface area contributed by atoms with Crippen molar-refractivity contribution in [3.05, 3.63) is 70.3 Å². The van der Waals surface area contributed by atoms with E-state index in [1.54, 1.807) is 18.2 Å². The van der Waals surface area contributed by atoms with Gasteiger partial charge in [-0.15, -0.1) is 0 Å². The standard InChI is InChI=1S/C25H29F3O6/c1-24(33,25(26,27)28)17-7-2-13(3-8-17)10-16-11-15(6-9-18(16)14-4-5-14)23-22(32)21(31)20(30)19(12-29)34-23/h2-3,6-9,11,14,19-23,29-33H,4-5,10,12H2,1H3/t19-,20-,21?,22-,23+,24?/m1/s1. The van der Waals surface area contributed by atoms with Crippen LogP contribution < -0.4 is 0 Å². The molecule has 1 saturated heterocycles. The summed E-state index contributed by atoms with van der Waals surface area (Å²) in [5, 5.41) is 50.0. The molecule has 4 rings (SSSR count). The minimum Gasteiger partial charge on any atom is -0.394 e. The number of benzene rings is 2. The number of halogens is 3. The molecule has 2 aromatic rings. The zero-order valence-corrected chi connectivity index (χ0v) is 18.6. The number of rotatable bonds is 6. The fourth-order valence-corrected chi connectivity index (χ4v) is 4.46. The van der Waals surface area contributed by atoms with E-state index in [0.29, 0.717) is 17.9 Å². The lowest BCUT2D eigenvalue weighted by molar-refractivity contribution is -0.258. The van der Waals surface area contributed by atoms with Crippen molar-refractivity contribution in [1.29, 1.82) is 0 Å². The van der Waals surface area contributed by atoms with Crippen molar-refractivity contribution in [3.63, 3.8) is 0 Å². The number of ether oxygens (including phenoxy) is 1. The van der Waals surface area contributed by atoms with E-state index in [4.69, 9.17) is 4.74 Å². The van der Waals surface area contributed by atoms with E-state index < -0.39 is 48.9 Å². The summed E-state index contributed by atoms with van der Waals surface area (Å²) in [6, 6.07) is 11.2. The van der Waals surface area contributed by atoms with Crippen LogP contribution in [-0.2, 0) is 16.8 Å². The first-order valence-electron chi connectivity index (χ1n) is 11.3. The topological polar surface area (TPSA) is 110 Å². The molecule has 2 unspecified atom stereocenters. The molecule has 6 nitrogen and oxygen atoms in total. The van der Waals surface area contributed by atoms with Gasteiger partial charge in [0, 0.05) is 0 Å². The molecule has 5 N–H and O–H groups in total. The maximum Gasteiger partial charge on any atom is 0.421 e. The molecule has 186 valence electrons. The highest BCUT2D eigenvalue weighted by atomic mass is 19.4. The van der Waals surface area contributed by atoms with Crippen molar-refractivity contribution in [2.75, 3.05) is 6.61 Å². The third-order valence-corrected chi connectivity index (χ3v) is 6.87. The summed E-state index contributed by atoms with van der Waals surface area (Å²) in [5.41, 5.74) is 0.115. The number of hydrogen-bond acceptors (Lipinski definition) is 6. The Morgan fingerprint density at radius 1 is 0.941 bits per heavy atom. The van der Waals surface area contributed by atoms with Crippen molar-refractivity contribution in [1.82, 2.24) is 0 Å². The van der Waals surface area contributed by atoms with Crippen LogP contribution in [0.4, 0.5) is 13.2 Å². The van der Waals surface area contributed by atoms with Crippen LogP contribution in [0.15, 0.2) is 42.5 Å². The maximum atomic E-state index is 13.1. The lowest BCUT2D eigenvalue weighted by Crippen LogP contribution is -2.55. The van der Waals surface area contributed by atoms with Gasteiger partial charge in [0.15, 0.2) is 5.60 Å². The zero-order chi connectivity index (χ0) is 24.8. The Hall–Kier alpha value is -2.01. The molecule has 1 aliphatic heterocycles. The Balaban J connectivity index is 1.62. The first kappa shape index (κ1) is 25.1. The highest BCUT2D eigenvalue weighted by molar-refractivity contribution is 5.42. The highest BCUT2D eigenvalue weighted by Gasteiger charge is 2.51. The minimum absolute atomic E-state index is 0.249. The van der Waals surface area contributed by atoms with Crippen LogP contribution in [0.25, 0.3) is 0 Å². The number of aliphatic hydroxyl groups is 5. The van der Waals surface area contributed by atoms with E-state index in [-0.39, 0.29) is 5.56 Å². The third-order valence-electron chi connectivity index (χ3n) is 6.87. The molecule has 0 radical (unpaired) electrons. The van der Waals surface area contributed by atoms with E-state index in [9.17, 15) is 38.7 Å². The fourth-order valence-electron chi connectivity index (χ4n) is 4.46. The first-order chi connectivity index (χ1) is 15.9. The zero-order valence-electron chi connectivity index (χ0n) is 18.6. The second-order valence-electron chi connectivity index (χ2n) is 9.43. The van der Waals surface area contributed by atoms with Crippen molar-refractivity contribution in [3.8, 4) is 0 Å². The summed E-state index contributed by atoms with van der Waals surface area (Å²) >= 11 is 0. The molecule has 2 fully saturated rings. The Morgan fingerprint density at radius 3 is 2.15 bits per heavy atom. The van der Waals surface area contributed by atoms with Crippen LogP contribution in [0.2, 0.25) is 0 Å². The summed E-state index contributed by atoms with van der Waals surface area (Å²) in [6.45, 7) is 0.194. The van der Waals surface area contributed by atoms with E-state index in [1.807, 2.05) is 12.1 Å². The second-order valence-corrected chi connectivity index (χ2v) is 9.43. The first-order valence-corrected chi connectivity index (χ1v) is 11.3. The van der Waals surface area contributed by atoms with E-state index in [0.717, 1.165) is 36.5 Å². The Labute approximate surface area is 195 Å². The second kappa shape index (κ2) is 9.22. The lowest BCUT2D eigenvalue weighted by atomic mass is 9.87. The Bertz CT molecular complexity index is 1000. The number of aliphatic hydroxyl groups excluding tert-OH is 4. The predicted octanol–water partition coefficient (Wildman–Crippen LogP) is 2.44. The van der Waals surface area contributed by atoms with Crippen molar-refractivity contribution < 1.29 is 43.4 Å². The monoisotopic (exact) mass is 482 g/mol. The molecule has 2 aliphatic rings. The van der Waals surface area contributed by atoms with Crippen LogP contribution in [0.3, 0.4) is 0 Å². The average Bonchev–Trinajstić information content (AvgIpc) is 3.63. The van der Waals surface area contributed by atoms with Crippen molar-refractivity contribution in [2.24, 2.45) is 0 Å². The van der Waals surface area contributed by atoms with Crippen LogP contribution in [0.1, 0.15) is 59.6 Å². The molecule has 0 spiro atoms. The Morgan fingerprint density at radius 2 is 1.59 bits per heavy atom. The number of alkyl halides is 3. The molecule has 0 aromatic heterocycles. The predicted molar refractivity (Wildman–Crippen MR) is 116 cm³/mol. The van der Waals surface area contributed by atoms with Gasteiger partial charge in [-0.1, -0.05) is 42.5 Å². The summed E-state index contributed by atoms with van der Waals surface area (Å²) in [7, 11) is 0. The molecular formula is C25H29F3O6. The van der Waals surface area contributed by atoms with Crippen molar-refractivity contribution >= 4 is 0 Å². The van der Waals surface area contributed by atoms with E-state index in [1.165, 1.54) is 12.1 Å². The Kier molecular flexibility index (Phi) is 6.80. The van der Waals surface area contributed by atoms with Gasteiger partial charge < -0.3 is 30.3 Å². The summed E-state index contributed by atoms with van der Waals surface area (Å²) in [4.78, 5) is 0. The highest BCUT2D eigenvalue weighted by Crippen LogP contribution is 2.44. The number of hydrogen-bond donors (Lipinski definition) is 5. The van der Waals surface area contributed by atoms with Crippen LogP contribution in [0.5, 0.6) is 0 Å². The minimum atomic E-state index is -4.80. The normalized spacial score (nSPS) is 29.6. The fraction of sp³-hybridized carbons (Fsp3) is 0.520. The van der Waals surface area contributed by atoms with Gasteiger partial charge >= 0.3 is 6.18 Å². The largest absolute Gasteiger partial charge is 0.421 e. The summed E-state index contributed by atoms with van der Waals surface area (Å²) in [6.07, 6.45) is -8.67. The smallest absolute Gasteiger partial charge is 0.394 e. The van der Waals surface area contributed by atoms with Crippen LogP contribution in [0, 0.1) is 0 Å². The van der Waals surface area contributed by atoms with Crippen molar-refractivity contribution in [2.45, 2.75) is 74.4 Å². The molecule has 1 saturated carbocycles. The molecule has 34 heavy (non-hydrogen) atoms. The van der Waals surface area contributed by atoms with Gasteiger partial charge in [0.25, 0.3) is 0 Å². The van der Waals surface area contributed by atoms with Gasteiger partial charge in [-0.05, 0) is 59.9 Å². The lowest BCUT2D eigenvalue weighted by Gasteiger charge is -2.40. The van der Waals surface area contributed by atoms with Gasteiger partial charge in [-0.25, -0.2) is 0 Å². The van der Waals surface area contributed by atoms with Crippen LogP contribution >= 0.6 is 0 Å². The molecule has 1 aliphatic carbocycles. The molecule has 1 heterocycles. The maximum absolute atomic E-state index is 13.1. The van der Waals surface area contributed by atoms with E-state index in [2.05, 4.69) is 0 Å². The summed E-state index contributed by atoms with van der Waals surface area (Å²) in [5.74, 6) is 0.379. The van der Waals surface area contributed by atoms with Gasteiger partial charge in [-0.2, -0.15) is 13.2 Å². The van der Waals surface area contributed by atoms with Gasteiger partial charge in [0.1, 0.15) is 30.5 Å². The quantitative estimate of drug-likeness (QED) is 0.433. The molecule has 0 bridgehead atoms.